The van der Waals surface area contributed by atoms with Crippen molar-refractivity contribution in [3.8, 4) is 0 Å². The van der Waals surface area contributed by atoms with Gasteiger partial charge in [-0.3, -0.25) is 9.59 Å². The van der Waals surface area contributed by atoms with Gasteiger partial charge >= 0.3 is 0 Å². The normalized spacial score (nSPS) is 28.2. The van der Waals surface area contributed by atoms with E-state index in [1.54, 1.807) is 11.8 Å². The van der Waals surface area contributed by atoms with Crippen molar-refractivity contribution in [3.05, 3.63) is 0 Å². The topological polar surface area (TPSA) is 75.4 Å². The van der Waals surface area contributed by atoms with E-state index in [4.69, 9.17) is 5.73 Å². The molecule has 1 unspecified atom stereocenters. The molecule has 1 atom stereocenters. The Morgan fingerprint density at radius 2 is 2.12 bits per heavy atom. The first-order valence-electron chi connectivity index (χ1n) is 5.95. The molecule has 2 amide bonds. The van der Waals surface area contributed by atoms with E-state index in [1.165, 1.54) is 6.42 Å². The van der Waals surface area contributed by atoms with Crippen LogP contribution in [0.3, 0.4) is 0 Å². The van der Waals surface area contributed by atoms with Gasteiger partial charge in [-0.15, -0.1) is 0 Å². The van der Waals surface area contributed by atoms with E-state index >= 15 is 0 Å². The van der Waals surface area contributed by atoms with E-state index in [1.807, 2.05) is 0 Å². The Morgan fingerprint density at radius 3 is 2.69 bits per heavy atom. The Balaban J connectivity index is 2.28. The van der Waals surface area contributed by atoms with Gasteiger partial charge in [0, 0.05) is 0 Å². The first-order valence-corrected chi connectivity index (χ1v) is 5.95. The molecule has 2 fully saturated rings. The van der Waals surface area contributed by atoms with E-state index in [2.05, 4.69) is 5.32 Å². The van der Waals surface area contributed by atoms with Crippen molar-refractivity contribution in [2.75, 3.05) is 6.54 Å². The number of hydrogen-bond donors (Lipinski definition) is 2. The van der Waals surface area contributed by atoms with Crippen molar-refractivity contribution in [2.24, 2.45) is 5.73 Å². The standard InChI is InChI=1S/C11H19N3O2/c1-8-10(16)13-11(5-3-2-4-6-11)14(8)9(15)7-12/h8H,2-7,12H2,1H3,(H,13,16). The number of nitrogens with zero attached hydrogens (tertiary/aromatic N) is 1. The third kappa shape index (κ3) is 1.59. The van der Waals surface area contributed by atoms with Gasteiger partial charge in [0.1, 0.15) is 11.7 Å². The van der Waals surface area contributed by atoms with E-state index in [0.29, 0.717) is 0 Å². The molecule has 90 valence electrons. The molecule has 5 nitrogen and oxygen atoms in total. The van der Waals surface area contributed by atoms with Crippen LogP contribution in [-0.2, 0) is 9.59 Å². The van der Waals surface area contributed by atoms with Crippen LogP contribution in [0.25, 0.3) is 0 Å². The molecule has 1 spiro atoms. The zero-order valence-electron chi connectivity index (χ0n) is 9.66. The highest BCUT2D eigenvalue weighted by atomic mass is 16.2. The van der Waals surface area contributed by atoms with E-state index < -0.39 is 5.66 Å². The maximum atomic E-state index is 11.9. The molecular formula is C11H19N3O2. The molecule has 0 aromatic heterocycles. The molecule has 16 heavy (non-hydrogen) atoms. The summed E-state index contributed by atoms with van der Waals surface area (Å²) < 4.78 is 0. The average molecular weight is 225 g/mol. The van der Waals surface area contributed by atoms with Crippen LogP contribution in [0.5, 0.6) is 0 Å². The lowest BCUT2D eigenvalue weighted by molar-refractivity contribution is -0.138. The molecule has 0 bridgehead atoms. The zero-order valence-corrected chi connectivity index (χ0v) is 9.66. The summed E-state index contributed by atoms with van der Waals surface area (Å²) in [5, 5.41) is 2.99. The van der Waals surface area contributed by atoms with Crippen molar-refractivity contribution < 1.29 is 9.59 Å². The maximum Gasteiger partial charge on any atom is 0.244 e. The van der Waals surface area contributed by atoms with Crippen molar-refractivity contribution in [1.82, 2.24) is 10.2 Å². The quantitative estimate of drug-likeness (QED) is 0.657. The largest absolute Gasteiger partial charge is 0.331 e. The molecule has 1 aliphatic heterocycles. The van der Waals surface area contributed by atoms with Crippen molar-refractivity contribution >= 4 is 11.8 Å². The molecule has 1 aliphatic carbocycles. The Bertz CT molecular complexity index is 310. The summed E-state index contributed by atoms with van der Waals surface area (Å²) in [5.41, 5.74) is 4.98. The number of nitrogens with one attached hydrogen (secondary N) is 1. The summed E-state index contributed by atoms with van der Waals surface area (Å²) in [5.74, 6) is -0.184. The third-order valence-corrected chi connectivity index (χ3v) is 3.71. The fourth-order valence-corrected chi connectivity index (χ4v) is 2.94. The molecule has 5 heteroatoms. The van der Waals surface area contributed by atoms with Crippen LogP contribution in [0.15, 0.2) is 0 Å². The monoisotopic (exact) mass is 225 g/mol. The fourth-order valence-electron chi connectivity index (χ4n) is 2.94. The lowest BCUT2D eigenvalue weighted by Gasteiger charge is -2.41. The lowest BCUT2D eigenvalue weighted by Crippen LogP contribution is -2.57. The van der Waals surface area contributed by atoms with Crippen LogP contribution in [0, 0.1) is 0 Å². The summed E-state index contributed by atoms with van der Waals surface area (Å²) in [4.78, 5) is 25.3. The Hall–Kier alpha value is -1.10. The maximum absolute atomic E-state index is 11.9. The van der Waals surface area contributed by atoms with Crippen LogP contribution < -0.4 is 11.1 Å². The molecule has 1 saturated carbocycles. The first-order chi connectivity index (χ1) is 7.60. The molecular weight excluding hydrogens is 206 g/mol. The number of nitrogens with two attached hydrogens (primary N) is 1. The van der Waals surface area contributed by atoms with E-state index in [0.717, 1.165) is 25.7 Å². The van der Waals surface area contributed by atoms with Crippen molar-refractivity contribution in [3.63, 3.8) is 0 Å². The van der Waals surface area contributed by atoms with Crippen LogP contribution in [0.4, 0.5) is 0 Å². The summed E-state index contributed by atoms with van der Waals surface area (Å²) in [6.45, 7) is 1.74. The summed E-state index contributed by atoms with van der Waals surface area (Å²) in [7, 11) is 0. The molecule has 0 aromatic carbocycles. The lowest BCUT2D eigenvalue weighted by atomic mass is 9.88. The highest BCUT2D eigenvalue weighted by Crippen LogP contribution is 2.36. The minimum absolute atomic E-state index is 0.0267. The summed E-state index contributed by atoms with van der Waals surface area (Å²) in [6, 6.07) is -0.380. The van der Waals surface area contributed by atoms with Gasteiger partial charge in [0.25, 0.3) is 0 Å². The summed E-state index contributed by atoms with van der Waals surface area (Å²) in [6.07, 6.45) is 5.00. The highest BCUT2D eigenvalue weighted by molar-refractivity contribution is 5.92. The van der Waals surface area contributed by atoms with Gasteiger partial charge in [0.05, 0.1) is 6.54 Å². The molecule has 2 aliphatic rings. The SMILES string of the molecule is CC1C(=O)NC2(CCCCC2)N1C(=O)CN. The Morgan fingerprint density at radius 1 is 1.50 bits per heavy atom. The minimum atomic E-state index is -0.439. The second kappa shape index (κ2) is 4.05. The second-order valence-electron chi connectivity index (χ2n) is 4.73. The number of hydrogen-bond acceptors (Lipinski definition) is 3. The highest BCUT2D eigenvalue weighted by Gasteiger charge is 2.51. The van der Waals surface area contributed by atoms with Gasteiger partial charge < -0.3 is 16.0 Å². The molecule has 0 aromatic rings. The van der Waals surface area contributed by atoms with Gasteiger partial charge in [-0.1, -0.05) is 6.42 Å². The average Bonchev–Trinajstić information content (AvgIpc) is 2.51. The number of carbonyl (C=O) groups is 2. The van der Waals surface area contributed by atoms with E-state index in [9.17, 15) is 9.59 Å². The molecule has 1 saturated heterocycles. The second-order valence-corrected chi connectivity index (χ2v) is 4.73. The Kier molecular flexibility index (Phi) is 2.88. The molecule has 2 rings (SSSR count). The fraction of sp³-hybridized carbons (Fsp3) is 0.818. The number of rotatable bonds is 1. The predicted octanol–water partition coefficient (Wildman–Crippen LogP) is -0.0476. The van der Waals surface area contributed by atoms with Crippen LogP contribution in [0.2, 0.25) is 0 Å². The molecule has 1 heterocycles. The summed E-state index contributed by atoms with van der Waals surface area (Å²) >= 11 is 0. The van der Waals surface area contributed by atoms with Gasteiger partial charge in [0.2, 0.25) is 11.8 Å². The Labute approximate surface area is 95.3 Å². The van der Waals surface area contributed by atoms with E-state index in [-0.39, 0.29) is 24.4 Å². The van der Waals surface area contributed by atoms with Crippen LogP contribution in [-0.4, -0.2) is 35.0 Å². The minimum Gasteiger partial charge on any atom is -0.331 e. The third-order valence-electron chi connectivity index (χ3n) is 3.71. The van der Waals surface area contributed by atoms with Crippen molar-refractivity contribution in [2.45, 2.75) is 50.7 Å². The van der Waals surface area contributed by atoms with Crippen LogP contribution >= 0.6 is 0 Å². The molecule has 3 N–H and O–H groups in total. The first kappa shape index (κ1) is 11.4. The molecule has 0 radical (unpaired) electrons. The smallest absolute Gasteiger partial charge is 0.244 e. The van der Waals surface area contributed by atoms with Gasteiger partial charge in [0.15, 0.2) is 0 Å². The van der Waals surface area contributed by atoms with Gasteiger partial charge in [-0.2, -0.15) is 0 Å². The van der Waals surface area contributed by atoms with Gasteiger partial charge in [-0.25, -0.2) is 0 Å². The van der Waals surface area contributed by atoms with Crippen LogP contribution in [0.1, 0.15) is 39.0 Å². The number of carbonyl (C=O) groups excluding carboxylic acids is 2. The van der Waals surface area contributed by atoms with Crippen molar-refractivity contribution in [1.29, 1.82) is 0 Å². The predicted molar refractivity (Wildman–Crippen MR) is 59.3 cm³/mol. The van der Waals surface area contributed by atoms with Gasteiger partial charge in [-0.05, 0) is 32.6 Å². The number of amides is 2. The zero-order chi connectivity index (χ0) is 11.8.